The van der Waals surface area contributed by atoms with Gasteiger partial charge in [-0.25, -0.2) is 0 Å². The minimum atomic E-state index is -0.334. The molecule has 0 amide bonds. The van der Waals surface area contributed by atoms with Crippen molar-refractivity contribution >= 4 is 58.0 Å². The van der Waals surface area contributed by atoms with Gasteiger partial charge in [-0.3, -0.25) is 0 Å². The smallest absolute Gasteiger partial charge is 0.0692 e. The molecule has 0 heterocycles. The second-order valence-corrected chi connectivity index (χ2v) is 6.32. The maximum Gasteiger partial charge on any atom is 0.0692 e. The van der Waals surface area contributed by atoms with Gasteiger partial charge in [-0.2, -0.15) is 0 Å². The standard InChI is InChI=1S/C8H9Cl5/c9-3-4(10)6(12)8(1-2-8)7(13)5(3)11/h3-7H,1-2H2/t4-,5-,6+,7+/m1/s1. The van der Waals surface area contributed by atoms with E-state index in [9.17, 15) is 0 Å². The molecule has 76 valence electrons. The number of halogens is 5. The van der Waals surface area contributed by atoms with Crippen LogP contribution in [0, 0.1) is 5.41 Å². The molecule has 0 aromatic rings. The molecule has 0 saturated heterocycles. The fourth-order valence-corrected chi connectivity index (χ4v) is 4.40. The Balaban J connectivity index is 2.24. The molecule has 2 fully saturated rings. The van der Waals surface area contributed by atoms with E-state index in [1.807, 2.05) is 0 Å². The lowest BCUT2D eigenvalue weighted by atomic mass is 9.84. The van der Waals surface area contributed by atoms with Gasteiger partial charge in [0.25, 0.3) is 0 Å². The van der Waals surface area contributed by atoms with Crippen LogP contribution in [0.4, 0.5) is 0 Å². The first kappa shape index (κ1) is 11.0. The summed E-state index contributed by atoms with van der Waals surface area (Å²) in [5.74, 6) is 0. The molecule has 2 rings (SSSR count). The van der Waals surface area contributed by atoms with Crippen LogP contribution in [0.15, 0.2) is 0 Å². The predicted molar refractivity (Wildman–Crippen MR) is 59.9 cm³/mol. The predicted octanol–water partition coefficient (Wildman–Crippen LogP) is 3.82. The second-order valence-electron chi connectivity index (χ2n) is 3.87. The van der Waals surface area contributed by atoms with Gasteiger partial charge in [-0.05, 0) is 12.8 Å². The molecule has 0 aromatic carbocycles. The van der Waals surface area contributed by atoms with Crippen molar-refractivity contribution in [2.24, 2.45) is 5.41 Å². The summed E-state index contributed by atoms with van der Waals surface area (Å²) in [7, 11) is 0. The van der Waals surface area contributed by atoms with Gasteiger partial charge < -0.3 is 0 Å². The third-order valence-corrected chi connectivity index (χ3v) is 6.61. The zero-order valence-electron chi connectivity index (χ0n) is 6.69. The summed E-state index contributed by atoms with van der Waals surface area (Å²) in [6, 6.07) is 0. The molecule has 2 saturated carbocycles. The number of alkyl halides is 5. The Hall–Kier alpha value is 1.45. The van der Waals surface area contributed by atoms with Gasteiger partial charge in [0.05, 0.1) is 26.9 Å². The molecule has 13 heavy (non-hydrogen) atoms. The van der Waals surface area contributed by atoms with Gasteiger partial charge >= 0.3 is 0 Å². The van der Waals surface area contributed by atoms with Crippen LogP contribution in [0.25, 0.3) is 0 Å². The maximum atomic E-state index is 6.22. The van der Waals surface area contributed by atoms with E-state index in [4.69, 9.17) is 58.0 Å². The van der Waals surface area contributed by atoms with Crippen molar-refractivity contribution < 1.29 is 0 Å². The summed E-state index contributed by atoms with van der Waals surface area (Å²) in [5.41, 5.74) is -0.0483. The normalized spacial score (nSPS) is 53.8. The van der Waals surface area contributed by atoms with Crippen LogP contribution in [0.5, 0.6) is 0 Å². The van der Waals surface area contributed by atoms with Crippen molar-refractivity contribution in [3.8, 4) is 0 Å². The molecule has 0 unspecified atom stereocenters. The van der Waals surface area contributed by atoms with E-state index < -0.39 is 0 Å². The fraction of sp³-hybridized carbons (Fsp3) is 1.00. The molecular weight excluding hydrogens is 273 g/mol. The molecule has 5 heteroatoms. The van der Waals surface area contributed by atoms with Crippen molar-refractivity contribution in [2.45, 2.75) is 39.7 Å². The summed E-state index contributed by atoms with van der Waals surface area (Å²) in [6.07, 6.45) is 2.04. The van der Waals surface area contributed by atoms with Crippen LogP contribution in [0.1, 0.15) is 12.8 Å². The van der Waals surface area contributed by atoms with Gasteiger partial charge in [-0.1, -0.05) is 0 Å². The van der Waals surface area contributed by atoms with Crippen molar-refractivity contribution in [3.63, 3.8) is 0 Å². The monoisotopic (exact) mass is 280 g/mol. The topological polar surface area (TPSA) is 0 Å². The van der Waals surface area contributed by atoms with Crippen molar-refractivity contribution in [1.82, 2.24) is 0 Å². The molecule has 0 aromatic heterocycles. The fourth-order valence-electron chi connectivity index (χ4n) is 1.98. The van der Waals surface area contributed by atoms with Gasteiger partial charge in [0.15, 0.2) is 0 Å². The molecule has 2 aliphatic carbocycles. The van der Waals surface area contributed by atoms with E-state index in [0.717, 1.165) is 12.8 Å². The zero-order valence-corrected chi connectivity index (χ0v) is 10.5. The minimum absolute atomic E-state index is 0.0483. The number of rotatable bonds is 0. The molecular formula is C8H9Cl5. The average molecular weight is 282 g/mol. The van der Waals surface area contributed by atoms with Gasteiger partial charge in [0, 0.05) is 5.41 Å². The lowest BCUT2D eigenvalue weighted by Crippen LogP contribution is -2.52. The Bertz CT molecular complexity index is 197. The quantitative estimate of drug-likeness (QED) is 0.593. The lowest BCUT2D eigenvalue weighted by Gasteiger charge is -2.41. The third kappa shape index (κ3) is 1.49. The van der Waals surface area contributed by atoms with Crippen LogP contribution in [-0.4, -0.2) is 26.9 Å². The van der Waals surface area contributed by atoms with E-state index in [-0.39, 0.29) is 32.3 Å². The summed E-state index contributed by atoms with van der Waals surface area (Å²) in [5, 5.41) is -1.17. The third-order valence-electron chi connectivity index (χ3n) is 3.09. The summed E-state index contributed by atoms with van der Waals surface area (Å²) >= 11 is 30.7. The Morgan fingerprint density at radius 3 is 1.38 bits per heavy atom. The zero-order chi connectivity index (χ0) is 9.80. The van der Waals surface area contributed by atoms with E-state index in [2.05, 4.69) is 0 Å². The highest BCUT2D eigenvalue weighted by Gasteiger charge is 2.63. The van der Waals surface area contributed by atoms with E-state index in [1.165, 1.54) is 0 Å². The van der Waals surface area contributed by atoms with Crippen LogP contribution in [-0.2, 0) is 0 Å². The van der Waals surface area contributed by atoms with Crippen LogP contribution in [0.3, 0.4) is 0 Å². The summed E-state index contributed by atoms with van der Waals surface area (Å²) in [4.78, 5) is 0. The Morgan fingerprint density at radius 2 is 1.08 bits per heavy atom. The molecule has 0 radical (unpaired) electrons. The highest BCUT2D eigenvalue weighted by molar-refractivity contribution is 6.41. The van der Waals surface area contributed by atoms with Crippen LogP contribution < -0.4 is 0 Å². The SMILES string of the molecule is ClC1[C@@H](Cl)[C@H](Cl)C2(CC2)[C@@H](Cl)[C@@H]1Cl. The molecule has 2 aliphatic rings. The van der Waals surface area contributed by atoms with E-state index >= 15 is 0 Å². The molecule has 0 N–H and O–H groups in total. The first-order valence-electron chi connectivity index (χ1n) is 4.21. The van der Waals surface area contributed by atoms with Crippen molar-refractivity contribution in [3.05, 3.63) is 0 Å². The van der Waals surface area contributed by atoms with Crippen molar-refractivity contribution in [1.29, 1.82) is 0 Å². The van der Waals surface area contributed by atoms with Gasteiger partial charge in [0.2, 0.25) is 0 Å². The maximum absolute atomic E-state index is 6.22. The second kappa shape index (κ2) is 3.49. The highest BCUT2D eigenvalue weighted by atomic mass is 35.5. The Labute approximate surface area is 103 Å². The number of hydrogen-bond donors (Lipinski definition) is 0. The number of hydrogen-bond acceptors (Lipinski definition) is 0. The minimum Gasteiger partial charge on any atom is -0.121 e. The highest BCUT2D eigenvalue weighted by Crippen LogP contribution is 2.62. The first-order chi connectivity index (χ1) is 6.00. The summed E-state index contributed by atoms with van der Waals surface area (Å²) in [6.45, 7) is 0. The molecule has 0 nitrogen and oxygen atoms in total. The Kier molecular flexibility index (Phi) is 2.94. The molecule has 1 spiro atoms. The lowest BCUT2D eigenvalue weighted by molar-refractivity contribution is 0.365. The van der Waals surface area contributed by atoms with Gasteiger partial charge in [-0.15, -0.1) is 58.0 Å². The Morgan fingerprint density at radius 1 is 0.692 bits per heavy atom. The largest absolute Gasteiger partial charge is 0.121 e. The summed E-state index contributed by atoms with van der Waals surface area (Å²) < 4.78 is 0. The van der Waals surface area contributed by atoms with Crippen molar-refractivity contribution in [2.75, 3.05) is 0 Å². The van der Waals surface area contributed by atoms with Gasteiger partial charge in [0.1, 0.15) is 0 Å². The molecule has 0 aliphatic heterocycles. The molecule has 4 atom stereocenters. The van der Waals surface area contributed by atoms with E-state index in [1.54, 1.807) is 0 Å². The molecule has 0 bridgehead atoms. The van der Waals surface area contributed by atoms with Crippen LogP contribution >= 0.6 is 58.0 Å². The average Bonchev–Trinajstić information content (AvgIpc) is 2.91. The van der Waals surface area contributed by atoms with E-state index in [0.29, 0.717) is 0 Å². The first-order valence-corrected chi connectivity index (χ1v) is 6.39. The van der Waals surface area contributed by atoms with Crippen LogP contribution in [0.2, 0.25) is 0 Å².